The van der Waals surface area contributed by atoms with Crippen molar-refractivity contribution in [1.82, 2.24) is 4.37 Å². The lowest BCUT2D eigenvalue weighted by atomic mass is 9.95. The molecule has 20 heavy (non-hydrogen) atoms. The first-order valence-electron chi connectivity index (χ1n) is 6.70. The molecule has 1 aromatic heterocycles. The van der Waals surface area contributed by atoms with E-state index in [0.717, 1.165) is 23.5 Å². The smallest absolute Gasteiger partial charge is 0.128 e. The molecule has 0 bridgehead atoms. The van der Waals surface area contributed by atoms with Crippen molar-refractivity contribution in [2.45, 2.75) is 39.2 Å². The highest BCUT2D eigenvalue weighted by Gasteiger charge is 2.21. The van der Waals surface area contributed by atoms with Gasteiger partial charge in [0.15, 0.2) is 0 Å². The van der Waals surface area contributed by atoms with Gasteiger partial charge < -0.3 is 5.32 Å². The Bertz CT molecular complexity index is 608. The molecule has 1 N–H and O–H groups in total. The molecule has 4 heteroatoms. The van der Waals surface area contributed by atoms with Crippen molar-refractivity contribution < 1.29 is 0 Å². The summed E-state index contributed by atoms with van der Waals surface area (Å²) >= 11 is 1.37. The van der Waals surface area contributed by atoms with E-state index in [9.17, 15) is 0 Å². The van der Waals surface area contributed by atoms with Gasteiger partial charge in [-0.1, -0.05) is 30.3 Å². The van der Waals surface area contributed by atoms with Crippen molar-refractivity contribution in [3.63, 3.8) is 0 Å². The number of hydrogen-bond donors (Lipinski definition) is 1. The minimum atomic E-state index is -0.0690. The lowest BCUT2D eigenvalue weighted by Crippen LogP contribution is -2.31. The van der Waals surface area contributed by atoms with E-state index in [1.54, 1.807) is 0 Å². The average Bonchev–Trinajstić information content (AvgIpc) is 2.77. The molecule has 3 nitrogen and oxygen atoms in total. The summed E-state index contributed by atoms with van der Waals surface area (Å²) in [5, 5.41) is 13.5. The zero-order valence-electron chi connectivity index (χ0n) is 12.1. The van der Waals surface area contributed by atoms with Crippen LogP contribution in [0.4, 0.5) is 5.00 Å². The maximum atomic E-state index is 9.17. The monoisotopic (exact) mass is 285 g/mol. The van der Waals surface area contributed by atoms with Gasteiger partial charge in [0, 0.05) is 5.54 Å². The van der Waals surface area contributed by atoms with Crippen molar-refractivity contribution in [3.05, 3.63) is 47.2 Å². The number of aryl methyl sites for hydroxylation is 2. The molecule has 0 fully saturated rings. The highest BCUT2D eigenvalue weighted by Crippen LogP contribution is 2.28. The zero-order valence-corrected chi connectivity index (χ0v) is 12.9. The van der Waals surface area contributed by atoms with Gasteiger partial charge in [-0.25, -0.2) is 0 Å². The first-order valence-corrected chi connectivity index (χ1v) is 7.48. The van der Waals surface area contributed by atoms with Gasteiger partial charge in [0.1, 0.15) is 16.6 Å². The Morgan fingerprint density at radius 3 is 2.65 bits per heavy atom. The summed E-state index contributed by atoms with van der Waals surface area (Å²) in [5.74, 6) is 0. The number of aromatic nitrogens is 1. The minimum Gasteiger partial charge on any atom is -0.370 e. The first-order chi connectivity index (χ1) is 9.52. The fourth-order valence-corrected chi connectivity index (χ4v) is 2.98. The second kappa shape index (κ2) is 6.06. The molecule has 0 saturated heterocycles. The third-order valence-corrected chi connectivity index (χ3v) is 4.16. The summed E-state index contributed by atoms with van der Waals surface area (Å²) in [5.41, 5.74) is 2.74. The molecular formula is C16H19N3S. The van der Waals surface area contributed by atoms with E-state index in [0.29, 0.717) is 5.56 Å². The molecule has 0 amide bonds. The van der Waals surface area contributed by atoms with Crippen LogP contribution in [0.25, 0.3) is 0 Å². The van der Waals surface area contributed by atoms with Gasteiger partial charge in [0.05, 0.1) is 5.69 Å². The number of rotatable bonds is 5. The minimum absolute atomic E-state index is 0.0690. The van der Waals surface area contributed by atoms with Crippen LogP contribution in [0.15, 0.2) is 30.3 Å². The number of nitrogens with zero attached hydrogens (tertiary/aromatic N) is 2. The van der Waals surface area contributed by atoms with Crippen molar-refractivity contribution in [2.24, 2.45) is 0 Å². The van der Waals surface area contributed by atoms with Gasteiger partial charge in [-0.05, 0) is 50.7 Å². The van der Waals surface area contributed by atoms with Crippen LogP contribution in [-0.4, -0.2) is 9.91 Å². The van der Waals surface area contributed by atoms with Crippen LogP contribution < -0.4 is 5.32 Å². The largest absolute Gasteiger partial charge is 0.370 e. The Morgan fingerprint density at radius 2 is 2.00 bits per heavy atom. The molecule has 0 aliphatic carbocycles. The number of benzene rings is 1. The van der Waals surface area contributed by atoms with E-state index < -0.39 is 0 Å². The molecular weight excluding hydrogens is 266 g/mol. The Kier molecular flexibility index (Phi) is 4.41. The predicted molar refractivity (Wildman–Crippen MR) is 84.0 cm³/mol. The molecule has 0 aliphatic rings. The normalized spacial score (nSPS) is 11.1. The summed E-state index contributed by atoms with van der Waals surface area (Å²) < 4.78 is 4.25. The van der Waals surface area contributed by atoms with E-state index in [2.05, 4.69) is 53.9 Å². The second-order valence-electron chi connectivity index (χ2n) is 5.58. The molecule has 0 radical (unpaired) electrons. The molecule has 104 valence electrons. The molecule has 0 atom stereocenters. The van der Waals surface area contributed by atoms with Gasteiger partial charge >= 0.3 is 0 Å². The van der Waals surface area contributed by atoms with Crippen LogP contribution in [0.3, 0.4) is 0 Å². The molecule has 1 heterocycles. The Morgan fingerprint density at radius 1 is 1.30 bits per heavy atom. The number of anilines is 1. The molecule has 0 aliphatic heterocycles. The van der Waals surface area contributed by atoms with E-state index in [1.807, 2.05) is 13.0 Å². The first kappa shape index (κ1) is 14.5. The van der Waals surface area contributed by atoms with Crippen LogP contribution >= 0.6 is 11.5 Å². The maximum absolute atomic E-state index is 9.17. The van der Waals surface area contributed by atoms with Crippen LogP contribution in [-0.2, 0) is 6.42 Å². The van der Waals surface area contributed by atoms with Crippen molar-refractivity contribution in [3.8, 4) is 6.07 Å². The third kappa shape index (κ3) is 3.58. The molecule has 1 aromatic carbocycles. The third-order valence-electron chi connectivity index (χ3n) is 3.31. The second-order valence-corrected chi connectivity index (χ2v) is 6.35. The molecule has 0 unspecified atom stereocenters. The van der Waals surface area contributed by atoms with Crippen molar-refractivity contribution >= 4 is 16.5 Å². The van der Waals surface area contributed by atoms with Crippen LogP contribution in [0, 0.1) is 18.3 Å². The molecule has 0 spiro atoms. The molecule has 0 saturated carbocycles. The molecule has 2 aromatic rings. The van der Waals surface area contributed by atoms with E-state index in [-0.39, 0.29) is 5.54 Å². The number of nitrogens with one attached hydrogen (secondary N) is 1. The number of nitriles is 1. The summed E-state index contributed by atoms with van der Waals surface area (Å²) in [4.78, 5) is 0. The summed E-state index contributed by atoms with van der Waals surface area (Å²) in [6.45, 7) is 6.19. The van der Waals surface area contributed by atoms with Crippen LogP contribution in [0.2, 0.25) is 0 Å². The summed E-state index contributed by atoms with van der Waals surface area (Å²) in [6, 6.07) is 12.7. The van der Waals surface area contributed by atoms with Crippen LogP contribution in [0.1, 0.15) is 37.1 Å². The highest BCUT2D eigenvalue weighted by atomic mass is 32.1. The van der Waals surface area contributed by atoms with Crippen molar-refractivity contribution in [2.75, 3.05) is 5.32 Å². The lowest BCUT2D eigenvalue weighted by Gasteiger charge is -2.26. The van der Waals surface area contributed by atoms with E-state index in [1.165, 1.54) is 17.1 Å². The SMILES string of the molecule is Cc1nsc(NC(C)(C)CCc2ccccc2)c1C#N. The summed E-state index contributed by atoms with van der Waals surface area (Å²) in [7, 11) is 0. The van der Waals surface area contributed by atoms with E-state index >= 15 is 0 Å². The highest BCUT2D eigenvalue weighted by molar-refractivity contribution is 7.10. The van der Waals surface area contributed by atoms with Gasteiger partial charge in [-0.3, -0.25) is 0 Å². The van der Waals surface area contributed by atoms with Gasteiger partial charge in [0.2, 0.25) is 0 Å². The fourth-order valence-electron chi connectivity index (χ4n) is 2.06. The van der Waals surface area contributed by atoms with Gasteiger partial charge in [-0.15, -0.1) is 0 Å². The standard InChI is InChI=1S/C16H19N3S/c1-12-14(11-17)15(20-19-12)18-16(2,3)10-9-13-7-5-4-6-8-13/h4-8,18H,9-10H2,1-3H3. The lowest BCUT2D eigenvalue weighted by molar-refractivity contribution is 0.520. The Balaban J connectivity index is 2.02. The van der Waals surface area contributed by atoms with Gasteiger partial charge in [0.25, 0.3) is 0 Å². The quantitative estimate of drug-likeness (QED) is 0.898. The van der Waals surface area contributed by atoms with Crippen molar-refractivity contribution in [1.29, 1.82) is 5.26 Å². The topological polar surface area (TPSA) is 48.7 Å². The van der Waals surface area contributed by atoms with E-state index in [4.69, 9.17) is 5.26 Å². The fraction of sp³-hybridized carbons (Fsp3) is 0.375. The molecule has 2 rings (SSSR count). The zero-order chi connectivity index (χ0) is 14.6. The maximum Gasteiger partial charge on any atom is 0.128 e. The Hall–Kier alpha value is -1.86. The predicted octanol–water partition coefficient (Wildman–Crippen LogP) is 4.15. The van der Waals surface area contributed by atoms with Gasteiger partial charge in [-0.2, -0.15) is 9.64 Å². The summed E-state index contributed by atoms with van der Waals surface area (Å²) in [6.07, 6.45) is 2.01. The number of hydrogen-bond acceptors (Lipinski definition) is 4. The average molecular weight is 285 g/mol. The Labute approximate surface area is 124 Å². The van der Waals surface area contributed by atoms with Crippen LogP contribution in [0.5, 0.6) is 0 Å².